The number of rotatable bonds is 4. The highest BCUT2D eigenvalue weighted by Gasteiger charge is 2.18. The summed E-state index contributed by atoms with van der Waals surface area (Å²) in [7, 11) is 1.55. The maximum absolute atomic E-state index is 10.9. The summed E-state index contributed by atoms with van der Waals surface area (Å²) in [6, 6.07) is 6.14. The van der Waals surface area contributed by atoms with Crippen LogP contribution in [0, 0.1) is 10.1 Å². The Balaban J connectivity index is 2.20. The van der Waals surface area contributed by atoms with Crippen LogP contribution in [0.4, 0.5) is 11.5 Å². The third-order valence-electron chi connectivity index (χ3n) is 3.05. The Morgan fingerprint density at radius 3 is 3.05 bits per heavy atom. The summed E-state index contributed by atoms with van der Waals surface area (Å²) in [5.74, 6) is 0.383. The molecule has 0 aliphatic carbocycles. The molecule has 108 valence electrons. The van der Waals surface area contributed by atoms with Crippen LogP contribution in [0.25, 0.3) is 16.7 Å². The SMILES string of the molecule is COCc1nn(-c2cccc([N+](=O)[O-])c2)c2n[nH]c(N)c12. The van der Waals surface area contributed by atoms with Crippen molar-refractivity contribution in [3.63, 3.8) is 0 Å². The van der Waals surface area contributed by atoms with Gasteiger partial charge in [-0.05, 0) is 6.07 Å². The zero-order valence-corrected chi connectivity index (χ0v) is 11.1. The smallest absolute Gasteiger partial charge is 0.271 e. The van der Waals surface area contributed by atoms with Gasteiger partial charge < -0.3 is 10.5 Å². The topological polar surface area (TPSA) is 125 Å². The Hall–Kier alpha value is -2.94. The lowest BCUT2D eigenvalue weighted by Crippen LogP contribution is -2.00. The molecule has 1 aromatic carbocycles. The number of ether oxygens (including phenoxy) is 1. The number of nitrogens with zero attached hydrogens (tertiary/aromatic N) is 4. The number of benzene rings is 1. The lowest BCUT2D eigenvalue weighted by atomic mass is 10.3. The van der Waals surface area contributed by atoms with Crippen molar-refractivity contribution >= 4 is 22.5 Å². The number of nitrogen functional groups attached to an aromatic ring is 1. The minimum Gasteiger partial charge on any atom is -0.383 e. The van der Waals surface area contributed by atoms with Gasteiger partial charge >= 0.3 is 0 Å². The van der Waals surface area contributed by atoms with Crippen LogP contribution in [-0.4, -0.2) is 32.0 Å². The fourth-order valence-electron chi connectivity index (χ4n) is 2.16. The second kappa shape index (κ2) is 4.87. The molecule has 0 aliphatic heterocycles. The van der Waals surface area contributed by atoms with Gasteiger partial charge in [-0.15, -0.1) is 0 Å². The molecule has 9 nitrogen and oxygen atoms in total. The second-order valence-electron chi connectivity index (χ2n) is 4.40. The Labute approximate surface area is 118 Å². The standard InChI is InChI=1S/C12H12N6O3/c1-21-6-9-10-11(13)14-15-12(10)17(16-9)7-3-2-4-8(5-7)18(19)20/h2-5H,6H2,1H3,(H3,13,14,15). The van der Waals surface area contributed by atoms with E-state index in [2.05, 4.69) is 15.3 Å². The number of nitro groups is 1. The molecule has 21 heavy (non-hydrogen) atoms. The van der Waals surface area contributed by atoms with Gasteiger partial charge in [0.2, 0.25) is 0 Å². The predicted octanol–water partition coefficient (Wildman–Crippen LogP) is 1.39. The van der Waals surface area contributed by atoms with Crippen molar-refractivity contribution < 1.29 is 9.66 Å². The molecule has 0 fully saturated rings. The number of methoxy groups -OCH3 is 1. The van der Waals surface area contributed by atoms with Crippen LogP contribution in [0.3, 0.4) is 0 Å². The van der Waals surface area contributed by atoms with Crippen molar-refractivity contribution in [2.24, 2.45) is 0 Å². The van der Waals surface area contributed by atoms with Gasteiger partial charge in [0.25, 0.3) is 5.69 Å². The zero-order valence-electron chi connectivity index (χ0n) is 11.1. The van der Waals surface area contributed by atoms with Crippen LogP contribution in [-0.2, 0) is 11.3 Å². The molecular weight excluding hydrogens is 276 g/mol. The van der Waals surface area contributed by atoms with E-state index in [-0.39, 0.29) is 12.3 Å². The van der Waals surface area contributed by atoms with Crippen LogP contribution in [0.5, 0.6) is 0 Å². The van der Waals surface area contributed by atoms with Crippen LogP contribution >= 0.6 is 0 Å². The molecule has 0 bridgehead atoms. The predicted molar refractivity (Wildman–Crippen MR) is 75.0 cm³/mol. The molecule has 0 unspecified atom stereocenters. The molecule has 0 spiro atoms. The number of hydrogen-bond donors (Lipinski definition) is 2. The molecule has 0 radical (unpaired) electrons. The van der Waals surface area contributed by atoms with Crippen molar-refractivity contribution in [1.82, 2.24) is 20.0 Å². The largest absolute Gasteiger partial charge is 0.383 e. The van der Waals surface area contributed by atoms with Crippen molar-refractivity contribution in [3.05, 3.63) is 40.1 Å². The summed E-state index contributed by atoms with van der Waals surface area (Å²) in [6.07, 6.45) is 0. The number of aromatic amines is 1. The number of nitro benzene ring substituents is 1. The first-order chi connectivity index (χ1) is 10.1. The highest BCUT2D eigenvalue weighted by Crippen LogP contribution is 2.26. The normalized spacial score (nSPS) is 11.1. The molecule has 3 aromatic rings. The summed E-state index contributed by atoms with van der Waals surface area (Å²) in [5.41, 5.74) is 7.47. The number of nitrogens with two attached hydrogens (primary N) is 1. The second-order valence-corrected chi connectivity index (χ2v) is 4.40. The van der Waals surface area contributed by atoms with Crippen molar-refractivity contribution in [1.29, 1.82) is 0 Å². The van der Waals surface area contributed by atoms with Crippen LogP contribution in [0.15, 0.2) is 24.3 Å². The van der Waals surface area contributed by atoms with Gasteiger partial charge in [0.1, 0.15) is 11.5 Å². The number of nitrogens with one attached hydrogen (secondary N) is 1. The molecule has 3 N–H and O–H groups in total. The van der Waals surface area contributed by atoms with Gasteiger partial charge in [-0.25, -0.2) is 4.68 Å². The molecule has 0 aliphatic rings. The first-order valence-corrected chi connectivity index (χ1v) is 6.07. The Morgan fingerprint density at radius 1 is 1.52 bits per heavy atom. The molecule has 0 atom stereocenters. The summed E-state index contributed by atoms with van der Waals surface area (Å²) >= 11 is 0. The van der Waals surface area contributed by atoms with E-state index in [4.69, 9.17) is 10.5 Å². The molecule has 2 aromatic heterocycles. The van der Waals surface area contributed by atoms with Gasteiger partial charge in [-0.1, -0.05) is 6.07 Å². The lowest BCUT2D eigenvalue weighted by molar-refractivity contribution is -0.384. The molecular formula is C12H12N6O3. The van der Waals surface area contributed by atoms with Crippen molar-refractivity contribution in [2.45, 2.75) is 6.61 Å². The van der Waals surface area contributed by atoms with Crippen LogP contribution < -0.4 is 5.73 Å². The van der Waals surface area contributed by atoms with E-state index in [1.165, 1.54) is 16.8 Å². The Morgan fingerprint density at radius 2 is 2.33 bits per heavy atom. The number of hydrogen-bond acceptors (Lipinski definition) is 6. The van der Waals surface area contributed by atoms with E-state index in [1.54, 1.807) is 19.2 Å². The van der Waals surface area contributed by atoms with Crippen LogP contribution in [0.1, 0.15) is 5.69 Å². The Kier molecular flexibility index (Phi) is 3.03. The van der Waals surface area contributed by atoms with E-state index in [0.29, 0.717) is 28.2 Å². The molecule has 0 saturated heterocycles. The summed E-state index contributed by atoms with van der Waals surface area (Å²) in [5, 5.41) is 22.7. The monoisotopic (exact) mass is 288 g/mol. The number of non-ortho nitro benzene ring substituents is 1. The highest BCUT2D eigenvalue weighted by molar-refractivity contribution is 5.89. The third-order valence-corrected chi connectivity index (χ3v) is 3.05. The summed E-state index contributed by atoms with van der Waals surface area (Å²) in [6.45, 7) is 0.266. The van der Waals surface area contributed by atoms with Gasteiger partial charge in [0.05, 0.1) is 22.6 Å². The summed E-state index contributed by atoms with van der Waals surface area (Å²) in [4.78, 5) is 10.4. The number of fused-ring (bicyclic) bond motifs is 1. The number of anilines is 1. The maximum atomic E-state index is 10.9. The van der Waals surface area contributed by atoms with E-state index >= 15 is 0 Å². The Bertz CT molecular complexity index is 822. The lowest BCUT2D eigenvalue weighted by Gasteiger charge is -2.01. The highest BCUT2D eigenvalue weighted by atomic mass is 16.6. The fraction of sp³-hybridized carbons (Fsp3) is 0.167. The molecule has 2 heterocycles. The van der Waals surface area contributed by atoms with Crippen LogP contribution in [0.2, 0.25) is 0 Å². The first kappa shape index (κ1) is 13.1. The first-order valence-electron chi connectivity index (χ1n) is 6.07. The third kappa shape index (κ3) is 2.09. The minimum atomic E-state index is -0.459. The quantitative estimate of drug-likeness (QED) is 0.552. The molecule has 9 heteroatoms. The molecule has 0 saturated carbocycles. The fourth-order valence-corrected chi connectivity index (χ4v) is 2.16. The molecule has 3 rings (SSSR count). The van der Waals surface area contributed by atoms with Crippen molar-refractivity contribution in [3.8, 4) is 5.69 Å². The average molecular weight is 288 g/mol. The number of aromatic nitrogens is 4. The van der Waals surface area contributed by atoms with Gasteiger partial charge in [0.15, 0.2) is 5.65 Å². The van der Waals surface area contributed by atoms with E-state index in [9.17, 15) is 10.1 Å². The van der Waals surface area contributed by atoms with E-state index in [1.807, 2.05) is 0 Å². The maximum Gasteiger partial charge on any atom is 0.271 e. The zero-order chi connectivity index (χ0) is 15.0. The minimum absolute atomic E-state index is 0.0204. The van der Waals surface area contributed by atoms with Gasteiger partial charge in [0, 0.05) is 19.2 Å². The molecule has 0 amide bonds. The van der Waals surface area contributed by atoms with Gasteiger partial charge in [-0.2, -0.15) is 10.2 Å². The number of H-pyrrole nitrogens is 1. The average Bonchev–Trinajstić information content (AvgIpc) is 3.02. The van der Waals surface area contributed by atoms with E-state index in [0.717, 1.165) is 0 Å². The van der Waals surface area contributed by atoms with Gasteiger partial charge in [-0.3, -0.25) is 15.2 Å². The summed E-state index contributed by atoms with van der Waals surface area (Å²) < 4.78 is 6.59. The van der Waals surface area contributed by atoms with Crippen molar-refractivity contribution in [2.75, 3.05) is 12.8 Å². The van der Waals surface area contributed by atoms with E-state index < -0.39 is 4.92 Å².